The van der Waals surface area contributed by atoms with Gasteiger partial charge >= 0.3 is 0 Å². The number of rotatable bonds is 5. The molecule has 1 aliphatic carbocycles. The van der Waals surface area contributed by atoms with Crippen molar-refractivity contribution in [3.05, 3.63) is 0 Å². The molecule has 0 spiro atoms. The van der Waals surface area contributed by atoms with Crippen LogP contribution in [-0.4, -0.2) is 34.3 Å². The summed E-state index contributed by atoms with van der Waals surface area (Å²) in [6, 6.07) is 0.542. The Morgan fingerprint density at radius 3 is 2.92 bits per heavy atom. The molecule has 4 nitrogen and oxygen atoms in total. The molecular weight excluding hydrogens is 186 g/mol. The van der Waals surface area contributed by atoms with Gasteiger partial charge in [0.25, 0.3) is 0 Å². The highest BCUT2D eigenvalue weighted by atomic mass is 32.2. The first kappa shape index (κ1) is 10.5. The Kier molecular flexibility index (Phi) is 4.21. The number of nitrogens with zero attached hydrogens (tertiary/aromatic N) is 1. The van der Waals surface area contributed by atoms with Gasteiger partial charge in [-0.2, -0.15) is 0 Å². The average molecular weight is 203 g/mol. The van der Waals surface area contributed by atoms with Gasteiger partial charge in [0.1, 0.15) is 0 Å². The number of nitrogens with one attached hydrogen (secondary N) is 1. The maximum Gasteiger partial charge on any atom is 0.188 e. The van der Waals surface area contributed by atoms with Gasteiger partial charge in [-0.15, -0.1) is 0 Å². The standard InChI is InChI=1S/C8H17N3OS/c1-2-13(12)6-5-10-8(9)11-7-3-4-7/h7H,2-6H2,1H3,(H3,9,10,11). The van der Waals surface area contributed by atoms with Gasteiger partial charge in [0, 0.05) is 28.3 Å². The zero-order valence-electron chi connectivity index (χ0n) is 7.95. The Morgan fingerprint density at radius 2 is 2.38 bits per heavy atom. The minimum atomic E-state index is -0.731. The molecule has 1 unspecified atom stereocenters. The topological polar surface area (TPSA) is 67.5 Å². The highest BCUT2D eigenvalue weighted by molar-refractivity contribution is 7.84. The second-order valence-corrected chi connectivity index (χ2v) is 4.98. The van der Waals surface area contributed by atoms with Crippen molar-refractivity contribution in [3.63, 3.8) is 0 Å². The Morgan fingerprint density at radius 1 is 1.69 bits per heavy atom. The van der Waals surface area contributed by atoms with E-state index in [4.69, 9.17) is 5.73 Å². The van der Waals surface area contributed by atoms with Gasteiger partial charge in [-0.05, 0) is 12.8 Å². The minimum Gasteiger partial charge on any atom is -0.370 e. The minimum absolute atomic E-state index is 0.496. The number of hydrogen-bond acceptors (Lipinski definition) is 2. The fourth-order valence-electron chi connectivity index (χ4n) is 0.895. The third kappa shape index (κ3) is 4.87. The lowest BCUT2D eigenvalue weighted by Crippen LogP contribution is -2.33. The fourth-order valence-corrected chi connectivity index (χ4v) is 1.48. The van der Waals surface area contributed by atoms with Crippen LogP contribution < -0.4 is 11.1 Å². The molecule has 1 atom stereocenters. The summed E-state index contributed by atoms with van der Waals surface area (Å²) in [4.78, 5) is 4.08. The fraction of sp³-hybridized carbons (Fsp3) is 0.875. The van der Waals surface area contributed by atoms with Crippen molar-refractivity contribution < 1.29 is 4.21 Å². The molecule has 0 aromatic rings. The van der Waals surface area contributed by atoms with E-state index < -0.39 is 10.8 Å². The molecule has 1 saturated carbocycles. The molecule has 0 radical (unpaired) electrons. The Hall–Kier alpha value is -0.580. The van der Waals surface area contributed by atoms with Crippen LogP contribution in [-0.2, 0) is 10.8 Å². The van der Waals surface area contributed by atoms with Crippen LogP contribution in [0.15, 0.2) is 4.99 Å². The second kappa shape index (κ2) is 5.21. The van der Waals surface area contributed by atoms with Gasteiger partial charge in [-0.25, -0.2) is 0 Å². The van der Waals surface area contributed by atoms with Crippen LogP contribution in [0.3, 0.4) is 0 Å². The summed E-state index contributed by atoms with van der Waals surface area (Å²) in [6.07, 6.45) is 2.38. The van der Waals surface area contributed by atoms with Crippen molar-refractivity contribution in [1.82, 2.24) is 5.32 Å². The Balaban J connectivity index is 2.10. The molecule has 0 heterocycles. The second-order valence-electron chi connectivity index (χ2n) is 3.12. The van der Waals surface area contributed by atoms with Crippen molar-refractivity contribution in [3.8, 4) is 0 Å². The molecular formula is C8H17N3OS. The van der Waals surface area contributed by atoms with Crippen molar-refractivity contribution >= 4 is 16.8 Å². The van der Waals surface area contributed by atoms with E-state index in [1.54, 1.807) is 0 Å². The molecule has 3 N–H and O–H groups in total. The molecule has 13 heavy (non-hydrogen) atoms. The van der Waals surface area contributed by atoms with E-state index in [1.165, 1.54) is 12.8 Å². The van der Waals surface area contributed by atoms with Crippen LogP contribution in [0.5, 0.6) is 0 Å². The SMILES string of the molecule is CCS(=O)CCN=C(N)NC1CC1. The first-order valence-electron chi connectivity index (χ1n) is 4.63. The zero-order chi connectivity index (χ0) is 9.68. The van der Waals surface area contributed by atoms with Crippen molar-refractivity contribution in [2.45, 2.75) is 25.8 Å². The summed E-state index contributed by atoms with van der Waals surface area (Å²) in [7, 11) is -0.731. The predicted octanol–water partition coefficient (Wildman–Crippen LogP) is -0.178. The van der Waals surface area contributed by atoms with Crippen molar-refractivity contribution in [1.29, 1.82) is 0 Å². The Bertz CT molecular complexity index is 213. The van der Waals surface area contributed by atoms with E-state index in [9.17, 15) is 4.21 Å². The van der Waals surface area contributed by atoms with Crippen molar-refractivity contribution in [2.24, 2.45) is 10.7 Å². The molecule has 0 saturated heterocycles. The number of nitrogens with two attached hydrogens (primary N) is 1. The molecule has 0 aliphatic heterocycles. The van der Waals surface area contributed by atoms with Crippen LogP contribution >= 0.6 is 0 Å². The van der Waals surface area contributed by atoms with Gasteiger partial charge in [0.2, 0.25) is 0 Å². The van der Waals surface area contributed by atoms with Crippen molar-refractivity contribution in [2.75, 3.05) is 18.1 Å². The Labute approximate surface area is 81.4 Å². The van der Waals surface area contributed by atoms with E-state index in [0.717, 1.165) is 0 Å². The summed E-state index contributed by atoms with van der Waals surface area (Å²) in [5.74, 6) is 1.81. The summed E-state index contributed by atoms with van der Waals surface area (Å²) in [5, 5.41) is 3.07. The lowest BCUT2D eigenvalue weighted by Gasteiger charge is -2.02. The van der Waals surface area contributed by atoms with E-state index in [0.29, 0.717) is 30.1 Å². The normalized spacial score (nSPS) is 19.9. The maximum absolute atomic E-state index is 11.0. The lowest BCUT2D eigenvalue weighted by molar-refractivity contribution is 0.683. The number of aliphatic imine (C=N–C) groups is 1. The van der Waals surface area contributed by atoms with Gasteiger partial charge in [-0.3, -0.25) is 9.20 Å². The van der Waals surface area contributed by atoms with Crippen LogP contribution in [0, 0.1) is 0 Å². The largest absolute Gasteiger partial charge is 0.370 e. The van der Waals surface area contributed by atoms with Gasteiger partial charge in [0.05, 0.1) is 6.54 Å². The third-order valence-electron chi connectivity index (χ3n) is 1.85. The first-order chi connectivity index (χ1) is 6.22. The smallest absolute Gasteiger partial charge is 0.188 e. The number of guanidine groups is 1. The first-order valence-corrected chi connectivity index (χ1v) is 6.12. The summed E-state index contributed by atoms with van der Waals surface area (Å²) < 4.78 is 11.0. The van der Waals surface area contributed by atoms with E-state index in [-0.39, 0.29) is 0 Å². The molecule has 1 aliphatic rings. The monoisotopic (exact) mass is 203 g/mol. The summed E-state index contributed by atoms with van der Waals surface area (Å²) in [6.45, 7) is 2.47. The summed E-state index contributed by atoms with van der Waals surface area (Å²) >= 11 is 0. The predicted molar refractivity (Wildman–Crippen MR) is 56.2 cm³/mol. The third-order valence-corrected chi connectivity index (χ3v) is 3.13. The van der Waals surface area contributed by atoms with E-state index >= 15 is 0 Å². The molecule has 76 valence electrons. The molecule has 0 bridgehead atoms. The zero-order valence-corrected chi connectivity index (χ0v) is 8.77. The van der Waals surface area contributed by atoms with Crippen LogP contribution in [0.1, 0.15) is 19.8 Å². The highest BCUT2D eigenvalue weighted by Gasteiger charge is 2.21. The maximum atomic E-state index is 11.0. The molecule has 0 aromatic heterocycles. The molecule has 0 aromatic carbocycles. The quantitative estimate of drug-likeness (QED) is 0.481. The van der Waals surface area contributed by atoms with Crippen LogP contribution in [0.4, 0.5) is 0 Å². The van der Waals surface area contributed by atoms with Gasteiger partial charge in [0.15, 0.2) is 5.96 Å². The number of hydrogen-bond donors (Lipinski definition) is 2. The lowest BCUT2D eigenvalue weighted by atomic mass is 10.7. The van der Waals surface area contributed by atoms with Gasteiger partial charge < -0.3 is 11.1 Å². The van der Waals surface area contributed by atoms with Gasteiger partial charge in [-0.1, -0.05) is 6.92 Å². The average Bonchev–Trinajstić information content (AvgIpc) is 2.88. The summed E-state index contributed by atoms with van der Waals surface area (Å²) in [5.41, 5.74) is 5.58. The molecule has 1 fully saturated rings. The highest BCUT2D eigenvalue weighted by Crippen LogP contribution is 2.17. The van der Waals surface area contributed by atoms with Crippen LogP contribution in [0.2, 0.25) is 0 Å². The molecule has 1 rings (SSSR count). The van der Waals surface area contributed by atoms with E-state index in [1.807, 2.05) is 6.92 Å². The van der Waals surface area contributed by atoms with Crippen LogP contribution in [0.25, 0.3) is 0 Å². The molecule has 5 heteroatoms. The van der Waals surface area contributed by atoms with E-state index in [2.05, 4.69) is 10.3 Å². The molecule has 0 amide bonds.